The van der Waals surface area contributed by atoms with Crippen LogP contribution in [0.3, 0.4) is 0 Å². The number of nitrogens with zero attached hydrogens (tertiary/aromatic N) is 2. The largest absolute Gasteiger partial charge is 0.458 e. The highest BCUT2D eigenvalue weighted by atomic mass is 32.1. The van der Waals surface area contributed by atoms with Crippen LogP contribution in [0.5, 0.6) is 0 Å². The van der Waals surface area contributed by atoms with Crippen molar-refractivity contribution in [3.63, 3.8) is 0 Å². The lowest BCUT2D eigenvalue weighted by Crippen LogP contribution is -2.45. The van der Waals surface area contributed by atoms with Crippen molar-refractivity contribution in [2.75, 3.05) is 0 Å². The van der Waals surface area contributed by atoms with Crippen molar-refractivity contribution in [2.45, 2.75) is 110 Å². The molecule has 2 fully saturated rings. The first-order chi connectivity index (χ1) is 17.3. The highest BCUT2D eigenvalue weighted by Crippen LogP contribution is 2.45. The van der Waals surface area contributed by atoms with Gasteiger partial charge in [0.25, 0.3) is 6.54 Å². The molecule has 7 atom stereocenters. The second-order valence-electron chi connectivity index (χ2n) is 11.5. The van der Waals surface area contributed by atoms with Crippen molar-refractivity contribution < 1.29 is 29.3 Å². The molecule has 2 aliphatic rings. The van der Waals surface area contributed by atoms with Crippen LogP contribution < -0.4 is 0 Å². The molecule has 0 bridgehead atoms. The van der Waals surface area contributed by atoms with Crippen LogP contribution in [-0.2, 0) is 25.6 Å². The van der Waals surface area contributed by atoms with Crippen LogP contribution in [0.25, 0.3) is 10.9 Å². The van der Waals surface area contributed by atoms with Gasteiger partial charge in [0.1, 0.15) is 11.9 Å². The highest BCUT2D eigenvalue weighted by Gasteiger charge is 2.53. The molecule has 2 saturated heterocycles. The van der Waals surface area contributed by atoms with Gasteiger partial charge in [-0.05, 0) is 44.3 Å². The number of carbonyl (C=O) groups is 2. The summed E-state index contributed by atoms with van der Waals surface area (Å²) in [4.78, 5) is 34.1. The zero-order valence-electron chi connectivity index (χ0n) is 22.7. The molecule has 0 radical (unpaired) electrons. The van der Waals surface area contributed by atoms with Gasteiger partial charge in [0, 0.05) is 17.7 Å². The van der Waals surface area contributed by atoms with Gasteiger partial charge in [-0.2, -0.15) is 0 Å². The van der Waals surface area contributed by atoms with Crippen molar-refractivity contribution >= 4 is 29.2 Å². The number of epoxide rings is 1. The number of fused-ring (bicyclic) bond motifs is 1. The van der Waals surface area contributed by atoms with E-state index in [9.17, 15) is 19.8 Å². The zero-order valence-corrected chi connectivity index (χ0v) is 23.5. The average Bonchev–Trinajstić information content (AvgIpc) is 3.24. The Morgan fingerprint density at radius 3 is 2.68 bits per heavy atom. The van der Waals surface area contributed by atoms with E-state index < -0.39 is 35.6 Å². The summed E-state index contributed by atoms with van der Waals surface area (Å²) in [6, 6.07) is 0. The molecule has 8 nitrogen and oxygen atoms in total. The minimum absolute atomic E-state index is 0.0863. The Morgan fingerprint density at radius 1 is 1.30 bits per heavy atom. The number of aliphatic hydroxyl groups excluding tert-OH is 2. The second kappa shape index (κ2) is 11.7. The van der Waals surface area contributed by atoms with E-state index in [-0.39, 0.29) is 36.4 Å². The smallest absolute Gasteiger partial charge is 0.309 e. The molecule has 0 saturated carbocycles. The Morgan fingerprint density at radius 2 is 2.00 bits per heavy atom. The molecule has 1 aromatic heterocycles. The fourth-order valence-electron chi connectivity index (χ4n) is 5.15. The molecule has 0 aliphatic carbocycles. The van der Waals surface area contributed by atoms with Crippen LogP contribution in [0.4, 0.5) is 0 Å². The Kier molecular flexibility index (Phi) is 9.33. The van der Waals surface area contributed by atoms with Gasteiger partial charge < -0.3 is 24.5 Å². The number of carbonyl (C=O) groups excluding carboxylic acids is 2. The van der Waals surface area contributed by atoms with E-state index in [4.69, 9.17) is 16.0 Å². The van der Waals surface area contributed by atoms with Crippen molar-refractivity contribution in [1.29, 1.82) is 0 Å². The van der Waals surface area contributed by atoms with Crippen LogP contribution in [0, 0.1) is 23.8 Å². The Bertz CT molecular complexity index is 1060. The van der Waals surface area contributed by atoms with E-state index in [0.717, 1.165) is 29.8 Å². The summed E-state index contributed by atoms with van der Waals surface area (Å²) >= 11 is 1.41. The Balaban J connectivity index is 1.85. The number of aromatic nitrogens is 1. The Hall–Kier alpha value is -2.12. The van der Waals surface area contributed by atoms with Gasteiger partial charge in [-0.3, -0.25) is 9.59 Å². The summed E-state index contributed by atoms with van der Waals surface area (Å²) < 4.78 is 11.9. The fraction of sp³-hybridized carbons (Fsp3) is 0.714. The standard InChI is InChI=1S/C28H40N2O6S/c1-16-9-8-10-28(6)22(36-28)12-20(17(2)11-19-15-37-23(30-19)14-29-7)35-24(32)13-21(31)27(4,5)26(34)18(3)25(16)33/h11,15-16,18,20-22,25,31,33H,8-10,12-14H2,1-6H3/b17-11+/t16-,18+,20?,21?,22?,25?,28?/m0/s1. The van der Waals surface area contributed by atoms with Crippen LogP contribution >= 0.6 is 11.3 Å². The quantitative estimate of drug-likeness (QED) is 0.333. The first-order valence-electron chi connectivity index (χ1n) is 13.0. The molecule has 0 amide bonds. The minimum Gasteiger partial charge on any atom is -0.458 e. The van der Waals surface area contributed by atoms with Gasteiger partial charge in [-0.25, -0.2) is 11.6 Å². The molecule has 2 N–H and O–H groups in total. The summed E-state index contributed by atoms with van der Waals surface area (Å²) in [5.41, 5.74) is -0.0625. The first kappa shape index (κ1) is 29.4. The summed E-state index contributed by atoms with van der Waals surface area (Å²) in [6.45, 7) is 18.0. The molecule has 5 unspecified atom stereocenters. The van der Waals surface area contributed by atoms with Gasteiger partial charge in [0.15, 0.2) is 5.01 Å². The SMILES string of the molecule is [C-]#[N+]Cc1nc(/C=C(\C)C2CC3OC3(C)CCC[C@H](C)C(O)[C@@H](C)C(=O)C(C)(C)C(O)CC(=O)O2)cs1. The van der Waals surface area contributed by atoms with E-state index in [1.54, 1.807) is 20.8 Å². The van der Waals surface area contributed by atoms with Crippen molar-refractivity contribution in [1.82, 2.24) is 4.98 Å². The average molecular weight is 533 g/mol. The van der Waals surface area contributed by atoms with Crippen LogP contribution in [0.2, 0.25) is 0 Å². The maximum atomic E-state index is 13.2. The molecule has 204 valence electrons. The molecule has 9 heteroatoms. The van der Waals surface area contributed by atoms with Crippen LogP contribution in [-0.4, -0.2) is 57.0 Å². The number of cyclic esters (lactones) is 1. The fourth-order valence-corrected chi connectivity index (χ4v) is 5.83. The summed E-state index contributed by atoms with van der Waals surface area (Å²) in [7, 11) is 0. The van der Waals surface area contributed by atoms with Gasteiger partial charge in [-0.15, -0.1) is 11.3 Å². The van der Waals surface area contributed by atoms with Gasteiger partial charge in [-0.1, -0.05) is 34.1 Å². The van der Waals surface area contributed by atoms with E-state index >= 15 is 0 Å². The number of thiazole rings is 1. The molecule has 3 rings (SSSR count). The molecular weight excluding hydrogens is 492 g/mol. The number of ketones is 1. The third-order valence-electron chi connectivity index (χ3n) is 8.07. The van der Waals surface area contributed by atoms with Crippen molar-refractivity contribution in [3.8, 4) is 0 Å². The highest BCUT2D eigenvalue weighted by molar-refractivity contribution is 7.09. The van der Waals surface area contributed by atoms with Crippen molar-refractivity contribution in [3.05, 3.63) is 33.1 Å². The van der Waals surface area contributed by atoms with Crippen LogP contribution in [0.15, 0.2) is 11.0 Å². The van der Waals surface area contributed by atoms with E-state index in [1.165, 1.54) is 11.3 Å². The predicted molar refractivity (Wildman–Crippen MR) is 141 cm³/mol. The third-order valence-corrected chi connectivity index (χ3v) is 8.93. The number of ether oxygens (including phenoxy) is 2. The predicted octanol–water partition coefficient (Wildman–Crippen LogP) is 4.59. The maximum absolute atomic E-state index is 13.2. The molecule has 1 aromatic rings. The van der Waals surface area contributed by atoms with E-state index in [0.29, 0.717) is 12.1 Å². The normalized spacial score (nSPS) is 35.8. The topological polar surface area (TPSA) is 114 Å². The number of aliphatic hydroxyl groups is 2. The lowest BCUT2D eigenvalue weighted by Gasteiger charge is -2.34. The number of Topliss-reactive ketones (excluding diaryl/α,β-unsaturated/α-hetero) is 1. The van der Waals surface area contributed by atoms with E-state index in [1.807, 2.05) is 25.3 Å². The number of esters is 1. The minimum atomic E-state index is -1.26. The van der Waals surface area contributed by atoms with Gasteiger partial charge in [0.2, 0.25) is 0 Å². The lowest BCUT2D eigenvalue weighted by molar-refractivity contribution is -0.154. The molecule has 2 aliphatic heterocycles. The lowest BCUT2D eigenvalue weighted by atomic mass is 9.73. The molecule has 37 heavy (non-hydrogen) atoms. The van der Waals surface area contributed by atoms with E-state index in [2.05, 4.69) is 16.8 Å². The molecule has 0 aromatic carbocycles. The molecule has 0 spiro atoms. The maximum Gasteiger partial charge on any atom is 0.309 e. The summed E-state index contributed by atoms with van der Waals surface area (Å²) in [5.74, 6) is -1.64. The van der Waals surface area contributed by atoms with Gasteiger partial charge >= 0.3 is 5.97 Å². The van der Waals surface area contributed by atoms with Crippen LogP contribution in [0.1, 0.15) is 84.3 Å². The molecule has 3 heterocycles. The Labute approximate surface area is 223 Å². The number of rotatable bonds is 3. The van der Waals surface area contributed by atoms with Crippen molar-refractivity contribution in [2.24, 2.45) is 17.3 Å². The summed E-state index contributed by atoms with van der Waals surface area (Å²) in [6.07, 6.45) is 1.62. The zero-order chi connectivity index (χ0) is 27.5. The monoisotopic (exact) mass is 532 g/mol. The first-order valence-corrected chi connectivity index (χ1v) is 13.9. The summed E-state index contributed by atoms with van der Waals surface area (Å²) in [5, 5.41) is 24.3. The third kappa shape index (κ3) is 7.05. The number of hydrogen-bond acceptors (Lipinski definition) is 8. The molecular formula is C28H40N2O6S. The van der Waals surface area contributed by atoms with Gasteiger partial charge in [0.05, 0.1) is 41.4 Å². The number of hydrogen-bond donors (Lipinski definition) is 2. The second-order valence-corrected chi connectivity index (χ2v) is 12.4.